The molecule has 0 bridgehead atoms. The van der Waals surface area contributed by atoms with E-state index >= 15 is 0 Å². The van der Waals surface area contributed by atoms with E-state index in [0.717, 1.165) is 19.6 Å². The molecule has 1 fully saturated rings. The molecule has 1 saturated heterocycles. The SMILES string of the molecule is CCN(CC(=O)NC(C)C)C(=O)CN(CC)C1CNC1. The van der Waals surface area contributed by atoms with Crippen LogP contribution in [-0.2, 0) is 9.59 Å². The average molecular weight is 284 g/mol. The van der Waals surface area contributed by atoms with Crippen LogP contribution in [0.2, 0.25) is 0 Å². The smallest absolute Gasteiger partial charge is 0.239 e. The number of amides is 2. The fourth-order valence-electron chi connectivity index (χ4n) is 2.22. The number of carbonyl (C=O) groups is 2. The predicted octanol–water partition coefficient (Wildman–Crippen LogP) is -0.347. The Morgan fingerprint density at radius 2 is 1.85 bits per heavy atom. The molecular weight excluding hydrogens is 256 g/mol. The van der Waals surface area contributed by atoms with E-state index in [1.165, 1.54) is 0 Å². The highest BCUT2D eigenvalue weighted by molar-refractivity contribution is 5.85. The maximum Gasteiger partial charge on any atom is 0.239 e. The minimum absolute atomic E-state index is 0.0279. The van der Waals surface area contributed by atoms with Crippen molar-refractivity contribution in [2.45, 2.75) is 39.8 Å². The second kappa shape index (κ2) is 8.21. The molecule has 0 unspecified atom stereocenters. The fourth-order valence-corrected chi connectivity index (χ4v) is 2.22. The molecule has 1 heterocycles. The second-order valence-corrected chi connectivity index (χ2v) is 5.51. The first kappa shape index (κ1) is 16.9. The van der Waals surface area contributed by atoms with Gasteiger partial charge in [-0.1, -0.05) is 6.92 Å². The first-order valence-electron chi connectivity index (χ1n) is 7.49. The summed E-state index contributed by atoms with van der Waals surface area (Å²) in [6.07, 6.45) is 0. The molecule has 1 aliphatic heterocycles. The van der Waals surface area contributed by atoms with E-state index in [9.17, 15) is 9.59 Å². The van der Waals surface area contributed by atoms with Gasteiger partial charge in [0.1, 0.15) is 0 Å². The molecule has 0 aromatic rings. The van der Waals surface area contributed by atoms with Gasteiger partial charge in [0, 0.05) is 31.7 Å². The summed E-state index contributed by atoms with van der Waals surface area (Å²) in [4.78, 5) is 27.8. The number of carbonyl (C=O) groups excluding carboxylic acids is 2. The molecule has 116 valence electrons. The third-order valence-electron chi connectivity index (χ3n) is 3.54. The Morgan fingerprint density at radius 3 is 2.25 bits per heavy atom. The second-order valence-electron chi connectivity index (χ2n) is 5.51. The minimum Gasteiger partial charge on any atom is -0.352 e. The fraction of sp³-hybridized carbons (Fsp3) is 0.857. The minimum atomic E-state index is -0.0939. The van der Waals surface area contributed by atoms with Gasteiger partial charge < -0.3 is 15.5 Å². The Morgan fingerprint density at radius 1 is 1.20 bits per heavy atom. The van der Waals surface area contributed by atoms with Gasteiger partial charge >= 0.3 is 0 Å². The maximum absolute atomic E-state index is 12.3. The Balaban J connectivity index is 2.46. The van der Waals surface area contributed by atoms with Crippen molar-refractivity contribution in [3.63, 3.8) is 0 Å². The van der Waals surface area contributed by atoms with Crippen LogP contribution in [0.15, 0.2) is 0 Å². The van der Waals surface area contributed by atoms with Crippen LogP contribution in [0.1, 0.15) is 27.7 Å². The molecular formula is C14H28N4O2. The van der Waals surface area contributed by atoms with E-state index in [1.807, 2.05) is 20.8 Å². The number of nitrogens with one attached hydrogen (secondary N) is 2. The van der Waals surface area contributed by atoms with Crippen molar-refractivity contribution in [3.8, 4) is 0 Å². The third kappa shape index (κ3) is 5.09. The van der Waals surface area contributed by atoms with Crippen LogP contribution in [0.25, 0.3) is 0 Å². The number of hydrogen-bond donors (Lipinski definition) is 2. The highest BCUT2D eigenvalue weighted by Crippen LogP contribution is 2.05. The van der Waals surface area contributed by atoms with Crippen molar-refractivity contribution in [3.05, 3.63) is 0 Å². The van der Waals surface area contributed by atoms with Crippen molar-refractivity contribution in [2.24, 2.45) is 0 Å². The summed E-state index contributed by atoms with van der Waals surface area (Å²) in [5, 5.41) is 6.03. The molecule has 20 heavy (non-hydrogen) atoms. The van der Waals surface area contributed by atoms with Gasteiger partial charge in [0.15, 0.2) is 0 Å². The largest absolute Gasteiger partial charge is 0.352 e. The zero-order valence-electron chi connectivity index (χ0n) is 13.1. The summed E-state index contributed by atoms with van der Waals surface area (Å²) in [6.45, 7) is 11.6. The van der Waals surface area contributed by atoms with E-state index in [-0.39, 0.29) is 24.4 Å². The zero-order chi connectivity index (χ0) is 15.1. The predicted molar refractivity (Wildman–Crippen MR) is 79.4 cm³/mol. The first-order chi connectivity index (χ1) is 9.47. The molecule has 0 saturated carbocycles. The van der Waals surface area contributed by atoms with Gasteiger partial charge in [-0.15, -0.1) is 0 Å². The first-order valence-corrected chi connectivity index (χ1v) is 7.49. The standard InChI is InChI=1S/C14H28N4O2/c1-5-17(12-7-15-8-12)10-14(20)18(6-2)9-13(19)16-11(3)4/h11-12,15H,5-10H2,1-4H3,(H,16,19). The van der Waals surface area contributed by atoms with Gasteiger partial charge in [0.25, 0.3) is 0 Å². The summed E-state index contributed by atoms with van der Waals surface area (Å²) in [5.41, 5.74) is 0. The summed E-state index contributed by atoms with van der Waals surface area (Å²) in [7, 11) is 0. The third-order valence-corrected chi connectivity index (χ3v) is 3.54. The normalized spacial score (nSPS) is 15.3. The highest BCUT2D eigenvalue weighted by Gasteiger charge is 2.26. The number of hydrogen-bond acceptors (Lipinski definition) is 4. The topological polar surface area (TPSA) is 64.7 Å². The molecule has 0 atom stereocenters. The lowest BCUT2D eigenvalue weighted by Crippen LogP contribution is -2.59. The summed E-state index contributed by atoms with van der Waals surface area (Å²) in [5.74, 6) is -0.0660. The van der Waals surface area contributed by atoms with Crippen molar-refractivity contribution >= 4 is 11.8 Å². The van der Waals surface area contributed by atoms with E-state index < -0.39 is 0 Å². The summed E-state index contributed by atoms with van der Waals surface area (Å²) < 4.78 is 0. The van der Waals surface area contributed by atoms with Gasteiger partial charge in [0.05, 0.1) is 13.1 Å². The van der Waals surface area contributed by atoms with Crippen LogP contribution in [0.3, 0.4) is 0 Å². The molecule has 0 aromatic carbocycles. The Hall–Kier alpha value is -1.14. The molecule has 6 nitrogen and oxygen atoms in total. The van der Waals surface area contributed by atoms with E-state index in [1.54, 1.807) is 4.90 Å². The monoisotopic (exact) mass is 284 g/mol. The van der Waals surface area contributed by atoms with Gasteiger partial charge in [-0.25, -0.2) is 0 Å². The van der Waals surface area contributed by atoms with Crippen LogP contribution < -0.4 is 10.6 Å². The lowest BCUT2D eigenvalue weighted by atomic mass is 10.1. The highest BCUT2D eigenvalue weighted by atomic mass is 16.2. The van der Waals surface area contributed by atoms with Crippen molar-refractivity contribution < 1.29 is 9.59 Å². The van der Waals surface area contributed by atoms with E-state index in [2.05, 4.69) is 22.5 Å². The number of likely N-dealkylation sites (N-methyl/N-ethyl adjacent to an activating group) is 2. The van der Waals surface area contributed by atoms with Crippen LogP contribution >= 0.6 is 0 Å². The lowest BCUT2D eigenvalue weighted by molar-refractivity contribution is -0.137. The Bertz CT molecular complexity index is 329. The molecule has 6 heteroatoms. The quantitative estimate of drug-likeness (QED) is 0.640. The van der Waals surface area contributed by atoms with Crippen molar-refractivity contribution in [1.82, 2.24) is 20.4 Å². The summed E-state index contributed by atoms with van der Waals surface area (Å²) in [6, 6.07) is 0.552. The van der Waals surface area contributed by atoms with Crippen LogP contribution in [0, 0.1) is 0 Å². The van der Waals surface area contributed by atoms with Gasteiger partial charge in [0.2, 0.25) is 11.8 Å². The van der Waals surface area contributed by atoms with Gasteiger partial charge in [-0.3, -0.25) is 14.5 Å². The molecule has 1 aliphatic rings. The van der Waals surface area contributed by atoms with E-state index in [4.69, 9.17) is 0 Å². The molecule has 0 aliphatic carbocycles. The van der Waals surface area contributed by atoms with Crippen LogP contribution in [0.5, 0.6) is 0 Å². The molecule has 2 N–H and O–H groups in total. The van der Waals surface area contributed by atoms with Crippen LogP contribution in [0.4, 0.5) is 0 Å². The Labute approximate surface area is 121 Å². The maximum atomic E-state index is 12.3. The lowest BCUT2D eigenvalue weighted by Gasteiger charge is -2.38. The van der Waals surface area contributed by atoms with Crippen molar-refractivity contribution in [2.75, 3.05) is 39.3 Å². The number of rotatable bonds is 8. The number of nitrogens with zero attached hydrogens (tertiary/aromatic N) is 2. The average Bonchev–Trinajstić information content (AvgIpc) is 2.31. The molecule has 0 radical (unpaired) electrons. The summed E-state index contributed by atoms with van der Waals surface area (Å²) >= 11 is 0. The zero-order valence-corrected chi connectivity index (χ0v) is 13.1. The van der Waals surface area contributed by atoms with Crippen LogP contribution in [-0.4, -0.2) is 73.0 Å². The van der Waals surface area contributed by atoms with Gasteiger partial charge in [-0.2, -0.15) is 0 Å². The van der Waals surface area contributed by atoms with Gasteiger partial charge in [-0.05, 0) is 27.3 Å². The Kier molecular flexibility index (Phi) is 6.95. The molecule has 0 aromatic heterocycles. The molecule has 0 spiro atoms. The van der Waals surface area contributed by atoms with E-state index in [0.29, 0.717) is 19.1 Å². The molecule has 2 amide bonds. The molecule has 1 rings (SSSR count). The van der Waals surface area contributed by atoms with Crippen molar-refractivity contribution in [1.29, 1.82) is 0 Å².